The number of hydrogen-bond acceptors (Lipinski definition) is 1. The van der Waals surface area contributed by atoms with Crippen molar-refractivity contribution in [3.8, 4) is 0 Å². The molecule has 17 heavy (non-hydrogen) atoms. The van der Waals surface area contributed by atoms with Crippen molar-refractivity contribution in [3.05, 3.63) is 29.8 Å². The minimum atomic E-state index is 1.06. The summed E-state index contributed by atoms with van der Waals surface area (Å²) in [6.45, 7) is 13.7. The van der Waals surface area contributed by atoms with Crippen molar-refractivity contribution in [2.24, 2.45) is 0 Å². The molecule has 1 rings (SSSR count). The van der Waals surface area contributed by atoms with Crippen LogP contribution in [0.3, 0.4) is 0 Å². The molecule has 0 aliphatic rings. The van der Waals surface area contributed by atoms with Crippen molar-refractivity contribution in [1.82, 2.24) is 0 Å². The maximum absolute atomic E-state index is 2.25. The van der Waals surface area contributed by atoms with Crippen LogP contribution in [0.5, 0.6) is 0 Å². The van der Waals surface area contributed by atoms with E-state index in [4.69, 9.17) is 0 Å². The van der Waals surface area contributed by atoms with E-state index in [0.29, 0.717) is 0 Å². The first-order valence-electron chi connectivity index (χ1n) is 6.94. The highest BCUT2D eigenvalue weighted by Gasteiger charge is 1.98. The zero-order valence-electron chi connectivity index (χ0n) is 12.9. The Balaban J connectivity index is 0. The molecule has 0 saturated heterocycles. The molecule has 0 unspecified atom stereocenters. The summed E-state index contributed by atoms with van der Waals surface area (Å²) in [6.07, 6.45) is 2.64. The number of anilines is 1. The third-order valence-electron chi connectivity index (χ3n) is 2.50. The fourth-order valence-corrected chi connectivity index (χ4v) is 1.16. The number of hydrogen-bond donors (Lipinski definition) is 0. The lowest BCUT2D eigenvalue weighted by atomic mass is 10.2. The Kier molecular flexibility index (Phi) is 14.2. The summed E-state index contributed by atoms with van der Waals surface area (Å²) < 4.78 is 0. The summed E-state index contributed by atoms with van der Waals surface area (Å²) in [5, 5.41) is 0. The molecule has 100 valence electrons. The number of rotatable bonds is 3. The van der Waals surface area contributed by atoms with E-state index in [0.717, 1.165) is 6.54 Å². The van der Waals surface area contributed by atoms with Crippen LogP contribution in [0.1, 0.15) is 53.0 Å². The lowest BCUT2D eigenvalue weighted by Crippen LogP contribution is -2.16. The zero-order chi connectivity index (χ0) is 13.7. The van der Waals surface area contributed by atoms with Gasteiger partial charge in [0.25, 0.3) is 0 Å². The van der Waals surface area contributed by atoms with Gasteiger partial charge in [-0.2, -0.15) is 0 Å². The number of nitrogens with zero attached hydrogens (tertiary/aromatic N) is 1. The van der Waals surface area contributed by atoms with Crippen molar-refractivity contribution in [1.29, 1.82) is 0 Å². The van der Waals surface area contributed by atoms with Crippen LogP contribution < -0.4 is 4.90 Å². The monoisotopic (exact) mass is 237 g/mol. The van der Waals surface area contributed by atoms with E-state index >= 15 is 0 Å². The van der Waals surface area contributed by atoms with Crippen LogP contribution in [0.4, 0.5) is 5.69 Å². The summed E-state index contributed by atoms with van der Waals surface area (Å²) in [5.41, 5.74) is 2.67. The van der Waals surface area contributed by atoms with Crippen LogP contribution in [-0.2, 0) is 0 Å². The molecule has 0 aromatic heterocycles. The first kappa shape index (κ1) is 18.4. The van der Waals surface area contributed by atoms with Gasteiger partial charge in [0.15, 0.2) is 0 Å². The Morgan fingerprint density at radius 2 is 1.41 bits per heavy atom. The first-order chi connectivity index (χ1) is 8.17. The van der Waals surface area contributed by atoms with E-state index in [9.17, 15) is 0 Å². The van der Waals surface area contributed by atoms with Crippen molar-refractivity contribution in [2.75, 3.05) is 18.5 Å². The molecule has 1 aromatic rings. The fraction of sp³-hybridized carbons (Fsp3) is 0.625. The molecule has 0 bridgehead atoms. The minimum absolute atomic E-state index is 1.06. The van der Waals surface area contributed by atoms with E-state index in [2.05, 4.69) is 63.9 Å². The summed E-state index contributed by atoms with van der Waals surface area (Å²) in [4.78, 5) is 2.25. The third-order valence-corrected chi connectivity index (χ3v) is 2.50. The molecule has 1 heteroatoms. The molecule has 0 heterocycles. The standard InChI is InChI=1S/C10H15N.C4H10.C2H6/c1-4-11(3)10-8-6-5-7-9(10)2;1-3-4-2;1-2/h5-8H,4H2,1-3H3;3-4H2,1-2H3;1-2H3. The lowest BCUT2D eigenvalue weighted by Gasteiger charge is -2.18. The Bertz CT molecular complexity index is 253. The second kappa shape index (κ2) is 13.1. The zero-order valence-corrected chi connectivity index (χ0v) is 12.9. The highest BCUT2D eigenvalue weighted by atomic mass is 15.1. The maximum Gasteiger partial charge on any atom is 0.0393 e. The molecule has 0 amide bonds. The van der Waals surface area contributed by atoms with Crippen molar-refractivity contribution >= 4 is 5.69 Å². The van der Waals surface area contributed by atoms with Gasteiger partial charge in [0.05, 0.1) is 0 Å². The van der Waals surface area contributed by atoms with Gasteiger partial charge >= 0.3 is 0 Å². The Labute approximate surface area is 109 Å². The molecular weight excluding hydrogens is 206 g/mol. The minimum Gasteiger partial charge on any atom is -0.375 e. The molecule has 0 N–H and O–H groups in total. The number of unbranched alkanes of at least 4 members (excludes halogenated alkanes) is 1. The number of para-hydroxylation sites is 1. The summed E-state index contributed by atoms with van der Waals surface area (Å²) in [5.74, 6) is 0. The molecule has 0 radical (unpaired) electrons. The van der Waals surface area contributed by atoms with Gasteiger partial charge < -0.3 is 4.90 Å². The maximum atomic E-state index is 2.25. The molecule has 0 fully saturated rings. The van der Waals surface area contributed by atoms with Gasteiger partial charge in [-0.15, -0.1) is 0 Å². The lowest BCUT2D eigenvalue weighted by molar-refractivity contribution is 0.886. The van der Waals surface area contributed by atoms with Crippen LogP contribution in [0.15, 0.2) is 24.3 Å². The van der Waals surface area contributed by atoms with Gasteiger partial charge in [-0.25, -0.2) is 0 Å². The summed E-state index contributed by atoms with van der Waals surface area (Å²) in [6, 6.07) is 8.44. The molecular formula is C16H31N. The van der Waals surface area contributed by atoms with Gasteiger partial charge in [-0.1, -0.05) is 58.7 Å². The third kappa shape index (κ3) is 8.79. The fourth-order valence-electron chi connectivity index (χ4n) is 1.16. The van der Waals surface area contributed by atoms with Gasteiger partial charge in [0, 0.05) is 19.3 Å². The van der Waals surface area contributed by atoms with Gasteiger partial charge in [-0.3, -0.25) is 0 Å². The topological polar surface area (TPSA) is 3.24 Å². The average Bonchev–Trinajstić information content (AvgIpc) is 2.41. The molecule has 0 aliphatic heterocycles. The normalized spacial score (nSPS) is 8.41. The second-order valence-electron chi connectivity index (χ2n) is 3.80. The van der Waals surface area contributed by atoms with Crippen LogP contribution >= 0.6 is 0 Å². The summed E-state index contributed by atoms with van der Waals surface area (Å²) >= 11 is 0. The number of benzene rings is 1. The highest BCUT2D eigenvalue weighted by molar-refractivity contribution is 5.51. The van der Waals surface area contributed by atoms with Crippen LogP contribution in [0.2, 0.25) is 0 Å². The van der Waals surface area contributed by atoms with Gasteiger partial charge in [0.1, 0.15) is 0 Å². The van der Waals surface area contributed by atoms with E-state index in [1.165, 1.54) is 24.1 Å². The molecule has 0 aliphatic carbocycles. The summed E-state index contributed by atoms with van der Waals surface area (Å²) in [7, 11) is 2.11. The van der Waals surface area contributed by atoms with Crippen molar-refractivity contribution in [2.45, 2.75) is 54.4 Å². The predicted octanol–water partition coefficient (Wildman–Crippen LogP) is 5.28. The second-order valence-corrected chi connectivity index (χ2v) is 3.80. The predicted molar refractivity (Wildman–Crippen MR) is 82.1 cm³/mol. The van der Waals surface area contributed by atoms with Gasteiger partial charge in [-0.05, 0) is 25.5 Å². The quantitative estimate of drug-likeness (QED) is 0.691. The Morgan fingerprint density at radius 1 is 0.941 bits per heavy atom. The van der Waals surface area contributed by atoms with Crippen molar-refractivity contribution < 1.29 is 0 Å². The Hall–Kier alpha value is -0.980. The van der Waals surface area contributed by atoms with Crippen LogP contribution in [-0.4, -0.2) is 13.6 Å². The molecule has 0 spiro atoms. The first-order valence-corrected chi connectivity index (χ1v) is 6.94. The average molecular weight is 237 g/mol. The molecule has 0 atom stereocenters. The molecule has 0 saturated carbocycles. The van der Waals surface area contributed by atoms with Crippen LogP contribution in [0, 0.1) is 6.92 Å². The van der Waals surface area contributed by atoms with E-state index in [1.807, 2.05) is 13.8 Å². The Morgan fingerprint density at radius 3 is 1.76 bits per heavy atom. The van der Waals surface area contributed by atoms with Crippen molar-refractivity contribution in [3.63, 3.8) is 0 Å². The molecule has 1 nitrogen and oxygen atoms in total. The largest absolute Gasteiger partial charge is 0.375 e. The van der Waals surface area contributed by atoms with Gasteiger partial charge in [0.2, 0.25) is 0 Å². The smallest absolute Gasteiger partial charge is 0.0393 e. The highest BCUT2D eigenvalue weighted by Crippen LogP contribution is 2.16. The molecule has 1 aromatic carbocycles. The van der Waals surface area contributed by atoms with Crippen LogP contribution in [0.25, 0.3) is 0 Å². The van der Waals surface area contributed by atoms with E-state index in [1.54, 1.807) is 0 Å². The van der Waals surface area contributed by atoms with E-state index in [-0.39, 0.29) is 0 Å². The SMILES string of the molecule is CC.CCCC.CCN(C)c1ccccc1C. The van der Waals surface area contributed by atoms with E-state index < -0.39 is 0 Å². The number of aryl methyl sites for hydroxylation is 1.